The van der Waals surface area contributed by atoms with Crippen molar-refractivity contribution in [3.05, 3.63) is 29.3 Å². The second kappa shape index (κ2) is 10.2. The molecule has 1 aliphatic carbocycles. The Bertz CT molecular complexity index is 809. The summed E-state index contributed by atoms with van der Waals surface area (Å²) in [6, 6.07) is 6.11. The standard InChI is InChI=1S/C25H37N3O4/c26-25(32)22-8-4-7-21(24(22)31)18-13-19-9-10-20(14-18)28(19)12-11-27(23(30)16-29)15-17-5-2-1-3-6-17/h4,7-8,17-20,29,31H,1-3,5-6,9-16H2,(H2,26,32). The Morgan fingerprint density at radius 1 is 1.06 bits per heavy atom. The van der Waals surface area contributed by atoms with E-state index in [0.29, 0.717) is 24.5 Å². The maximum absolute atomic E-state index is 12.4. The topological polar surface area (TPSA) is 107 Å². The number of aromatic hydroxyl groups is 1. The minimum atomic E-state index is -0.601. The Labute approximate surface area is 190 Å². The van der Waals surface area contributed by atoms with Crippen LogP contribution in [0.5, 0.6) is 5.75 Å². The van der Waals surface area contributed by atoms with Crippen LogP contribution in [0.4, 0.5) is 0 Å². The molecule has 3 fully saturated rings. The molecule has 2 atom stereocenters. The number of carbonyl (C=O) groups excluding carboxylic acids is 2. The number of para-hydroxylation sites is 1. The lowest BCUT2D eigenvalue weighted by Crippen LogP contribution is -2.48. The molecule has 0 radical (unpaired) electrons. The third kappa shape index (κ3) is 4.94. The van der Waals surface area contributed by atoms with Gasteiger partial charge in [0.2, 0.25) is 5.91 Å². The van der Waals surface area contributed by atoms with Gasteiger partial charge in [0.1, 0.15) is 12.4 Å². The number of aliphatic hydroxyl groups is 1. The molecule has 2 heterocycles. The normalized spacial score (nSPS) is 26.2. The summed E-state index contributed by atoms with van der Waals surface area (Å²) < 4.78 is 0. The molecule has 32 heavy (non-hydrogen) atoms. The first-order chi connectivity index (χ1) is 15.5. The first-order valence-corrected chi connectivity index (χ1v) is 12.2. The molecule has 7 heteroatoms. The van der Waals surface area contributed by atoms with Gasteiger partial charge in [0.25, 0.3) is 5.91 Å². The summed E-state index contributed by atoms with van der Waals surface area (Å²) >= 11 is 0. The fourth-order valence-electron chi connectivity index (χ4n) is 6.32. The van der Waals surface area contributed by atoms with Crippen LogP contribution in [-0.2, 0) is 4.79 Å². The van der Waals surface area contributed by atoms with E-state index in [0.717, 1.165) is 44.3 Å². The van der Waals surface area contributed by atoms with Gasteiger partial charge in [-0.15, -0.1) is 0 Å². The third-order valence-corrected chi connectivity index (χ3v) is 7.98. The third-order valence-electron chi connectivity index (χ3n) is 7.98. The van der Waals surface area contributed by atoms with Crippen LogP contribution in [0.1, 0.15) is 79.6 Å². The summed E-state index contributed by atoms with van der Waals surface area (Å²) in [5.74, 6) is 0.0371. The number of amides is 2. The van der Waals surface area contributed by atoms with Crippen molar-refractivity contribution < 1.29 is 19.8 Å². The monoisotopic (exact) mass is 443 g/mol. The van der Waals surface area contributed by atoms with Crippen molar-refractivity contribution in [3.63, 3.8) is 0 Å². The number of piperidine rings is 1. The van der Waals surface area contributed by atoms with Crippen molar-refractivity contribution in [3.8, 4) is 5.75 Å². The van der Waals surface area contributed by atoms with E-state index in [1.54, 1.807) is 12.1 Å². The molecule has 3 aliphatic rings. The van der Waals surface area contributed by atoms with Crippen molar-refractivity contribution >= 4 is 11.8 Å². The highest BCUT2D eigenvalue weighted by Crippen LogP contribution is 2.45. The largest absolute Gasteiger partial charge is 0.507 e. The smallest absolute Gasteiger partial charge is 0.252 e. The predicted molar refractivity (Wildman–Crippen MR) is 122 cm³/mol. The van der Waals surface area contributed by atoms with Crippen LogP contribution in [0.15, 0.2) is 18.2 Å². The van der Waals surface area contributed by atoms with E-state index in [4.69, 9.17) is 5.73 Å². The van der Waals surface area contributed by atoms with Gasteiger partial charge in [-0.1, -0.05) is 31.4 Å². The van der Waals surface area contributed by atoms with Crippen molar-refractivity contribution in [1.82, 2.24) is 9.80 Å². The lowest BCUT2D eigenvalue weighted by molar-refractivity contribution is -0.135. The number of phenols is 1. The van der Waals surface area contributed by atoms with E-state index in [1.165, 1.54) is 32.1 Å². The summed E-state index contributed by atoms with van der Waals surface area (Å²) in [6.07, 6.45) is 10.2. The first-order valence-electron chi connectivity index (χ1n) is 12.2. The lowest BCUT2D eigenvalue weighted by Gasteiger charge is -2.40. The van der Waals surface area contributed by atoms with E-state index in [-0.39, 0.29) is 23.1 Å². The van der Waals surface area contributed by atoms with Gasteiger partial charge in [-0.2, -0.15) is 0 Å². The van der Waals surface area contributed by atoms with Crippen LogP contribution >= 0.6 is 0 Å². The molecular weight excluding hydrogens is 406 g/mol. The molecule has 2 saturated heterocycles. The molecule has 2 aliphatic heterocycles. The average molecular weight is 444 g/mol. The molecule has 0 aromatic heterocycles. The maximum Gasteiger partial charge on any atom is 0.252 e. The molecule has 2 bridgehead atoms. The number of primary amides is 1. The Kier molecular flexibility index (Phi) is 7.36. The summed E-state index contributed by atoms with van der Waals surface area (Å²) in [4.78, 5) is 28.4. The highest BCUT2D eigenvalue weighted by Gasteiger charge is 2.41. The van der Waals surface area contributed by atoms with Crippen molar-refractivity contribution in [1.29, 1.82) is 0 Å². The molecular formula is C25H37N3O4. The van der Waals surface area contributed by atoms with Gasteiger partial charge in [0.15, 0.2) is 0 Å². The van der Waals surface area contributed by atoms with E-state index in [2.05, 4.69) is 4.90 Å². The predicted octanol–water partition coefficient (Wildman–Crippen LogP) is 2.60. The summed E-state index contributed by atoms with van der Waals surface area (Å²) in [5.41, 5.74) is 6.43. The fraction of sp³-hybridized carbons (Fsp3) is 0.680. The fourth-order valence-corrected chi connectivity index (χ4v) is 6.32. The second-order valence-corrected chi connectivity index (χ2v) is 9.90. The van der Waals surface area contributed by atoms with Gasteiger partial charge in [0, 0.05) is 31.7 Å². The van der Waals surface area contributed by atoms with Crippen LogP contribution in [0.2, 0.25) is 0 Å². The quantitative estimate of drug-likeness (QED) is 0.573. The molecule has 2 unspecified atom stereocenters. The first kappa shape index (κ1) is 23.1. The van der Waals surface area contributed by atoms with Gasteiger partial charge in [-0.05, 0) is 62.0 Å². The summed E-state index contributed by atoms with van der Waals surface area (Å²) in [6.45, 7) is 1.83. The number of benzene rings is 1. The summed E-state index contributed by atoms with van der Waals surface area (Å²) in [7, 11) is 0. The zero-order valence-electron chi connectivity index (χ0n) is 18.9. The lowest BCUT2D eigenvalue weighted by atomic mass is 9.83. The molecule has 1 aromatic carbocycles. The van der Waals surface area contributed by atoms with Crippen LogP contribution in [0.25, 0.3) is 0 Å². The number of fused-ring (bicyclic) bond motifs is 2. The molecule has 7 nitrogen and oxygen atoms in total. The Hall–Kier alpha value is -2.12. The molecule has 0 spiro atoms. The Morgan fingerprint density at radius 3 is 2.38 bits per heavy atom. The number of nitrogens with zero attached hydrogens (tertiary/aromatic N) is 2. The van der Waals surface area contributed by atoms with Crippen LogP contribution < -0.4 is 5.73 Å². The number of rotatable bonds is 8. The molecule has 1 aromatic rings. The minimum Gasteiger partial charge on any atom is -0.507 e. The average Bonchev–Trinajstić information content (AvgIpc) is 3.03. The molecule has 176 valence electrons. The SMILES string of the molecule is NC(=O)c1cccc(C2CC3CCC(C2)N3CCN(CC2CCCCC2)C(=O)CO)c1O. The molecule has 4 N–H and O–H groups in total. The van der Waals surface area contributed by atoms with Gasteiger partial charge in [-0.3, -0.25) is 14.5 Å². The van der Waals surface area contributed by atoms with Gasteiger partial charge >= 0.3 is 0 Å². The van der Waals surface area contributed by atoms with Gasteiger partial charge in [-0.25, -0.2) is 0 Å². The van der Waals surface area contributed by atoms with E-state index in [9.17, 15) is 19.8 Å². The number of carbonyl (C=O) groups is 2. The van der Waals surface area contributed by atoms with Crippen LogP contribution in [-0.4, -0.2) is 70.2 Å². The Balaban J connectivity index is 1.39. The van der Waals surface area contributed by atoms with E-state index >= 15 is 0 Å². The zero-order valence-corrected chi connectivity index (χ0v) is 18.9. The van der Waals surface area contributed by atoms with Gasteiger partial charge < -0.3 is 20.8 Å². The zero-order chi connectivity index (χ0) is 22.7. The van der Waals surface area contributed by atoms with E-state index in [1.807, 2.05) is 11.0 Å². The Morgan fingerprint density at radius 2 is 1.75 bits per heavy atom. The minimum absolute atomic E-state index is 0.0325. The molecule has 2 amide bonds. The van der Waals surface area contributed by atoms with Crippen LogP contribution in [0, 0.1) is 5.92 Å². The number of hydrogen-bond donors (Lipinski definition) is 3. The molecule has 4 rings (SSSR count). The highest BCUT2D eigenvalue weighted by molar-refractivity contribution is 5.96. The van der Waals surface area contributed by atoms with Crippen molar-refractivity contribution in [2.75, 3.05) is 26.2 Å². The number of aliphatic hydroxyl groups excluding tert-OH is 1. The highest BCUT2D eigenvalue weighted by atomic mass is 16.3. The number of hydrogen-bond acceptors (Lipinski definition) is 5. The van der Waals surface area contributed by atoms with Crippen molar-refractivity contribution in [2.45, 2.75) is 75.8 Å². The van der Waals surface area contributed by atoms with Crippen molar-refractivity contribution in [2.24, 2.45) is 11.7 Å². The maximum atomic E-state index is 12.4. The number of nitrogens with two attached hydrogens (primary N) is 1. The van der Waals surface area contributed by atoms with Crippen LogP contribution in [0.3, 0.4) is 0 Å². The van der Waals surface area contributed by atoms with Gasteiger partial charge in [0.05, 0.1) is 5.56 Å². The second-order valence-electron chi connectivity index (χ2n) is 9.90. The van der Waals surface area contributed by atoms with E-state index < -0.39 is 12.5 Å². The molecule has 1 saturated carbocycles. The summed E-state index contributed by atoms with van der Waals surface area (Å²) in [5, 5.41) is 20.1.